The molecule has 3 heterocycles. The van der Waals surface area contributed by atoms with E-state index in [-0.39, 0.29) is 12.5 Å². The van der Waals surface area contributed by atoms with Crippen LogP contribution in [0.25, 0.3) is 27.3 Å². The number of amides is 4. The summed E-state index contributed by atoms with van der Waals surface area (Å²) in [5, 5.41) is 7.67. The maximum atomic E-state index is 13.5. The van der Waals surface area contributed by atoms with Crippen LogP contribution in [0, 0.1) is 6.92 Å². The first-order valence-corrected chi connectivity index (χ1v) is 12.3. The van der Waals surface area contributed by atoms with Crippen molar-refractivity contribution in [1.29, 1.82) is 0 Å². The van der Waals surface area contributed by atoms with Crippen molar-refractivity contribution in [2.45, 2.75) is 25.3 Å². The molecule has 0 radical (unpaired) electrons. The van der Waals surface area contributed by atoms with Gasteiger partial charge in [0, 0.05) is 10.8 Å². The van der Waals surface area contributed by atoms with Gasteiger partial charge in [-0.15, -0.1) is 0 Å². The Labute approximate surface area is 211 Å². The van der Waals surface area contributed by atoms with Crippen LogP contribution in [-0.4, -0.2) is 38.7 Å². The van der Waals surface area contributed by atoms with Gasteiger partial charge in [0.2, 0.25) is 5.91 Å². The predicted molar refractivity (Wildman–Crippen MR) is 140 cm³/mol. The molecule has 1 aliphatic carbocycles. The molecule has 1 atom stereocenters. The van der Waals surface area contributed by atoms with Gasteiger partial charge in [-0.05, 0) is 43.0 Å². The SMILES string of the molecule is Cc1nc2ccccc2c2c(NC(=O)CN3C(=O)NC4(CCc5ccccc54)C3=O)c3ccccc3n12. The zero-order valence-electron chi connectivity index (χ0n) is 20.1. The molecule has 3 aromatic carbocycles. The zero-order chi connectivity index (χ0) is 25.3. The predicted octanol–water partition coefficient (Wildman–Crippen LogP) is 4.28. The van der Waals surface area contributed by atoms with Crippen molar-refractivity contribution in [3.8, 4) is 0 Å². The first kappa shape index (κ1) is 21.6. The molecule has 2 N–H and O–H groups in total. The Bertz CT molecular complexity index is 1810. The highest BCUT2D eigenvalue weighted by molar-refractivity contribution is 6.17. The van der Waals surface area contributed by atoms with Crippen LogP contribution in [0.2, 0.25) is 0 Å². The first-order valence-electron chi connectivity index (χ1n) is 12.3. The van der Waals surface area contributed by atoms with Gasteiger partial charge in [-0.1, -0.05) is 60.7 Å². The van der Waals surface area contributed by atoms with Crippen molar-refractivity contribution in [1.82, 2.24) is 19.6 Å². The monoisotopic (exact) mass is 489 g/mol. The summed E-state index contributed by atoms with van der Waals surface area (Å²) in [6.45, 7) is 1.56. The number of hydrogen-bond acceptors (Lipinski definition) is 4. The fourth-order valence-electron chi connectivity index (χ4n) is 6.01. The molecular formula is C29H23N5O3. The number of nitrogens with one attached hydrogen (secondary N) is 2. The molecule has 1 aliphatic heterocycles. The summed E-state index contributed by atoms with van der Waals surface area (Å²) in [5.41, 5.74) is 3.97. The Morgan fingerprint density at radius 3 is 2.59 bits per heavy atom. The van der Waals surface area contributed by atoms with E-state index in [1.807, 2.05) is 84.1 Å². The molecule has 37 heavy (non-hydrogen) atoms. The Balaban J connectivity index is 1.27. The van der Waals surface area contributed by atoms with Gasteiger partial charge in [0.15, 0.2) is 0 Å². The number of nitrogens with zero attached hydrogens (tertiary/aromatic N) is 3. The van der Waals surface area contributed by atoms with E-state index in [4.69, 9.17) is 4.98 Å². The lowest BCUT2D eigenvalue weighted by molar-refractivity contribution is -0.134. The normalized spacial score (nSPS) is 18.8. The molecule has 2 aromatic heterocycles. The van der Waals surface area contributed by atoms with Gasteiger partial charge in [0.1, 0.15) is 17.9 Å². The lowest BCUT2D eigenvalue weighted by Gasteiger charge is -2.22. The molecule has 1 fully saturated rings. The van der Waals surface area contributed by atoms with Gasteiger partial charge < -0.3 is 10.6 Å². The minimum atomic E-state index is -1.09. The number of carbonyl (C=O) groups is 3. The number of aryl methyl sites for hydroxylation is 2. The van der Waals surface area contributed by atoms with Crippen LogP contribution in [0.15, 0.2) is 72.8 Å². The molecule has 0 bridgehead atoms. The fourth-order valence-corrected chi connectivity index (χ4v) is 6.01. The highest BCUT2D eigenvalue weighted by Gasteiger charge is 2.55. The van der Waals surface area contributed by atoms with Gasteiger partial charge >= 0.3 is 6.03 Å². The average molecular weight is 490 g/mol. The highest BCUT2D eigenvalue weighted by atomic mass is 16.2. The molecule has 7 rings (SSSR count). The number of imide groups is 1. The number of carbonyl (C=O) groups excluding carboxylic acids is 3. The van der Waals surface area contributed by atoms with Crippen molar-refractivity contribution in [2.75, 3.05) is 11.9 Å². The average Bonchev–Trinajstić information content (AvgIpc) is 3.52. The van der Waals surface area contributed by atoms with Gasteiger partial charge in [-0.25, -0.2) is 9.78 Å². The largest absolute Gasteiger partial charge is 0.325 e. The molecule has 1 spiro atoms. The molecule has 182 valence electrons. The molecule has 4 amide bonds. The van der Waals surface area contributed by atoms with Crippen molar-refractivity contribution >= 4 is 50.9 Å². The Morgan fingerprint density at radius 2 is 1.73 bits per heavy atom. The number of para-hydroxylation sites is 2. The summed E-state index contributed by atoms with van der Waals surface area (Å²) < 4.78 is 2.03. The maximum Gasteiger partial charge on any atom is 0.325 e. The van der Waals surface area contributed by atoms with E-state index in [2.05, 4.69) is 10.6 Å². The van der Waals surface area contributed by atoms with Crippen molar-refractivity contribution in [3.05, 3.63) is 89.7 Å². The van der Waals surface area contributed by atoms with Crippen molar-refractivity contribution < 1.29 is 14.4 Å². The van der Waals surface area contributed by atoms with E-state index in [1.54, 1.807) is 0 Å². The minimum Gasteiger partial charge on any atom is -0.322 e. The minimum absolute atomic E-state index is 0.373. The molecule has 8 nitrogen and oxygen atoms in total. The highest BCUT2D eigenvalue weighted by Crippen LogP contribution is 2.41. The zero-order valence-corrected chi connectivity index (χ0v) is 20.1. The number of rotatable bonds is 3. The molecular weight excluding hydrogens is 466 g/mol. The van der Waals surface area contributed by atoms with Crippen LogP contribution in [0.3, 0.4) is 0 Å². The van der Waals surface area contributed by atoms with Crippen LogP contribution in [0.4, 0.5) is 10.5 Å². The third-order valence-corrected chi connectivity index (χ3v) is 7.63. The lowest BCUT2D eigenvalue weighted by Crippen LogP contribution is -2.43. The van der Waals surface area contributed by atoms with E-state index < -0.39 is 17.5 Å². The Hall–Kier alpha value is -4.72. The second-order valence-electron chi connectivity index (χ2n) is 9.68. The van der Waals surface area contributed by atoms with Gasteiger partial charge in [0.05, 0.1) is 22.2 Å². The number of hydrogen-bond donors (Lipinski definition) is 2. The number of fused-ring (bicyclic) bond motifs is 7. The number of benzene rings is 3. The van der Waals surface area contributed by atoms with E-state index >= 15 is 0 Å². The fraction of sp³-hybridized carbons (Fsp3) is 0.172. The standard InChI is InChI=1S/C29H23N5O3/c1-17-30-22-12-6-3-9-19(22)26-25(20-10-4-7-13-23(20)34(17)26)31-24(35)16-33-27(36)29(32-28(33)37)15-14-18-8-2-5-11-21(18)29/h2-13H,14-16H2,1H3,(H,31,35)(H,32,37). The second-order valence-corrected chi connectivity index (χ2v) is 9.68. The van der Waals surface area contributed by atoms with Crippen LogP contribution in [-0.2, 0) is 21.5 Å². The summed E-state index contributed by atoms with van der Waals surface area (Å²) in [6.07, 6.45) is 1.19. The lowest BCUT2D eigenvalue weighted by atomic mass is 9.92. The summed E-state index contributed by atoms with van der Waals surface area (Å²) >= 11 is 0. The van der Waals surface area contributed by atoms with Crippen molar-refractivity contribution in [2.24, 2.45) is 0 Å². The van der Waals surface area contributed by atoms with Crippen LogP contribution in [0.5, 0.6) is 0 Å². The van der Waals surface area contributed by atoms with E-state index in [9.17, 15) is 14.4 Å². The van der Waals surface area contributed by atoms with Gasteiger partial charge in [-0.2, -0.15) is 0 Å². The third-order valence-electron chi connectivity index (χ3n) is 7.63. The smallest absolute Gasteiger partial charge is 0.322 e. The quantitative estimate of drug-likeness (QED) is 0.370. The maximum absolute atomic E-state index is 13.5. The molecule has 0 saturated carbocycles. The Morgan fingerprint density at radius 1 is 1.00 bits per heavy atom. The molecule has 2 aliphatic rings. The molecule has 1 unspecified atom stereocenters. The third kappa shape index (κ3) is 2.95. The van der Waals surface area contributed by atoms with Crippen LogP contribution < -0.4 is 10.6 Å². The topological polar surface area (TPSA) is 95.8 Å². The molecule has 1 saturated heterocycles. The first-order chi connectivity index (χ1) is 18.0. The number of urea groups is 1. The van der Waals surface area contributed by atoms with Crippen molar-refractivity contribution in [3.63, 3.8) is 0 Å². The second kappa shape index (κ2) is 7.64. The Kier molecular flexibility index (Phi) is 4.45. The van der Waals surface area contributed by atoms with Crippen LogP contribution in [0.1, 0.15) is 23.4 Å². The summed E-state index contributed by atoms with van der Waals surface area (Å²) in [7, 11) is 0. The van der Waals surface area contributed by atoms with Crippen LogP contribution >= 0.6 is 0 Å². The van der Waals surface area contributed by atoms with Gasteiger partial charge in [-0.3, -0.25) is 18.9 Å². The summed E-state index contributed by atoms with van der Waals surface area (Å²) in [4.78, 5) is 45.7. The van der Waals surface area contributed by atoms with Gasteiger partial charge in [0.25, 0.3) is 5.91 Å². The number of aromatic nitrogens is 2. The molecule has 5 aromatic rings. The van der Waals surface area contributed by atoms with E-state index in [0.717, 1.165) is 49.2 Å². The van der Waals surface area contributed by atoms with E-state index in [0.29, 0.717) is 18.5 Å². The molecule has 8 heteroatoms. The number of anilines is 1. The summed E-state index contributed by atoms with van der Waals surface area (Å²) in [5.74, 6) is -0.0281. The van der Waals surface area contributed by atoms with E-state index in [1.165, 1.54) is 0 Å². The summed E-state index contributed by atoms with van der Waals surface area (Å²) in [6, 6.07) is 22.7.